The normalized spacial score (nSPS) is 35.4. The molecule has 0 bridgehead atoms. The van der Waals surface area contributed by atoms with Gasteiger partial charge in [-0.05, 0) is 69.6 Å². The van der Waals surface area contributed by atoms with Gasteiger partial charge in [0.1, 0.15) is 11.5 Å². The van der Waals surface area contributed by atoms with E-state index in [9.17, 15) is 9.46 Å². The molecule has 0 spiro atoms. The van der Waals surface area contributed by atoms with Crippen LogP contribution in [0.3, 0.4) is 0 Å². The monoisotopic (exact) mass is 504 g/mol. The summed E-state index contributed by atoms with van der Waals surface area (Å²) in [6, 6.07) is 0. The van der Waals surface area contributed by atoms with E-state index < -0.39 is 7.82 Å². The lowest BCUT2D eigenvalue weighted by atomic mass is 9.53. The smallest absolute Gasteiger partial charge is 0.395 e. The summed E-state index contributed by atoms with van der Waals surface area (Å²) in [5.74, 6) is 1.98. The molecule has 3 aliphatic rings. The molecule has 2 aliphatic carbocycles. The first-order valence-electron chi connectivity index (χ1n) is 13.5. The Hall–Kier alpha value is -1.25. The van der Waals surface area contributed by atoms with Crippen LogP contribution < -0.4 is 0 Å². The molecule has 3 rings (SSSR count). The minimum Gasteiger partial charge on any atom is -0.395 e. The number of phosphoric acid groups is 1. The molecule has 0 radical (unpaired) electrons. The zero-order valence-corrected chi connectivity index (χ0v) is 24.9. The Bertz CT molecular complexity index is 926. The number of phosphoric ester groups is 1. The Labute approximate surface area is 214 Å². The predicted molar refractivity (Wildman–Crippen MR) is 145 cm³/mol. The fraction of sp³-hybridized carbons (Fsp3) is 0.733. The van der Waals surface area contributed by atoms with Crippen LogP contribution in [0.5, 0.6) is 0 Å². The van der Waals surface area contributed by atoms with E-state index in [0.717, 1.165) is 36.8 Å². The highest BCUT2D eigenvalue weighted by Gasteiger charge is 2.51. The molecule has 0 aromatic heterocycles. The second-order valence-corrected chi connectivity index (χ2v) is 14.7. The molecular weight excluding hydrogens is 455 g/mol. The highest BCUT2D eigenvalue weighted by atomic mass is 31.2. The Kier molecular flexibility index (Phi) is 7.48. The molecule has 5 heteroatoms. The number of hydrogen-bond donors (Lipinski definition) is 1. The van der Waals surface area contributed by atoms with Crippen LogP contribution in [-0.4, -0.2) is 4.89 Å². The summed E-state index contributed by atoms with van der Waals surface area (Å²) in [4.78, 5) is 10.7. The minimum absolute atomic E-state index is 0.0223. The van der Waals surface area contributed by atoms with Crippen molar-refractivity contribution in [2.75, 3.05) is 0 Å². The van der Waals surface area contributed by atoms with Gasteiger partial charge in [0.15, 0.2) is 0 Å². The molecule has 0 aromatic rings. The first kappa shape index (κ1) is 28.3. The average molecular weight is 505 g/mol. The first-order chi connectivity index (χ1) is 15.9. The summed E-state index contributed by atoms with van der Waals surface area (Å²) < 4.78 is 24.5. The zero-order valence-electron chi connectivity index (χ0n) is 24.0. The highest BCUT2D eigenvalue weighted by Crippen LogP contribution is 2.62. The van der Waals surface area contributed by atoms with Crippen LogP contribution in [0.15, 0.2) is 47.0 Å². The van der Waals surface area contributed by atoms with Gasteiger partial charge in [0.2, 0.25) is 0 Å². The molecule has 0 saturated carbocycles. The van der Waals surface area contributed by atoms with Crippen molar-refractivity contribution in [3.8, 4) is 0 Å². The van der Waals surface area contributed by atoms with Crippen molar-refractivity contribution in [1.29, 1.82) is 0 Å². The summed E-state index contributed by atoms with van der Waals surface area (Å²) in [5.41, 5.74) is 2.15. The third-order valence-corrected chi connectivity index (χ3v) is 10.8. The van der Waals surface area contributed by atoms with E-state index in [1.165, 1.54) is 0 Å². The summed E-state index contributed by atoms with van der Waals surface area (Å²) >= 11 is 0. The van der Waals surface area contributed by atoms with E-state index in [4.69, 9.17) is 9.05 Å². The standard InChI is InChI=1S/C30H49O4P/c1-12-20(3)29(27(6,7)8)16-14-25-23(18-29)22(5)24-19-30(21(4)13-2,28(9,10)11)17-15-26(24)34-35(31,32)33-25/h14-17,20-22H,12-13,18-19H2,1-11H3,(H,31,32). The largest absolute Gasteiger partial charge is 0.584 e. The lowest BCUT2D eigenvalue weighted by molar-refractivity contribution is 0.0594. The van der Waals surface area contributed by atoms with Crippen LogP contribution in [0.1, 0.15) is 102 Å². The second kappa shape index (κ2) is 9.25. The third-order valence-electron chi connectivity index (χ3n) is 9.91. The molecule has 4 unspecified atom stereocenters. The summed E-state index contributed by atoms with van der Waals surface area (Å²) in [6.07, 6.45) is 12.1. The quantitative estimate of drug-likeness (QED) is 0.387. The second-order valence-electron chi connectivity index (χ2n) is 13.4. The van der Waals surface area contributed by atoms with Crippen LogP contribution in [0, 0.1) is 39.4 Å². The van der Waals surface area contributed by atoms with Crippen LogP contribution in [0.25, 0.3) is 0 Å². The van der Waals surface area contributed by atoms with Crippen molar-refractivity contribution in [2.45, 2.75) is 102 Å². The van der Waals surface area contributed by atoms with Gasteiger partial charge in [-0.2, -0.15) is 0 Å². The van der Waals surface area contributed by atoms with Crippen LogP contribution in [0.2, 0.25) is 0 Å². The molecule has 35 heavy (non-hydrogen) atoms. The van der Waals surface area contributed by atoms with Gasteiger partial charge in [0, 0.05) is 5.92 Å². The number of allylic oxidation sites excluding steroid dienone is 6. The molecule has 0 amide bonds. The molecule has 1 aliphatic heterocycles. The van der Waals surface area contributed by atoms with Crippen LogP contribution in [0.4, 0.5) is 0 Å². The van der Waals surface area contributed by atoms with Gasteiger partial charge < -0.3 is 9.05 Å². The van der Waals surface area contributed by atoms with Crippen molar-refractivity contribution in [2.24, 2.45) is 39.4 Å². The van der Waals surface area contributed by atoms with E-state index in [2.05, 4.69) is 88.3 Å². The van der Waals surface area contributed by atoms with Crippen molar-refractivity contribution in [1.82, 2.24) is 0 Å². The van der Waals surface area contributed by atoms with E-state index in [0.29, 0.717) is 23.4 Å². The highest BCUT2D eigenvalue weighted by molar-refractivity contribution is 7.47. The first-order valence-corrected chi connectivity index (χ1v) is 15.0. The summed E-state index contributed by atoms with van der Waals surface area (Å²) in [7, 11) is -4.31. The van der Waals surface area contributed by atoms with E-state index in [-0.39, 0.29) is 27.6 Å². The van der Waals surface area contributed by atoms with E-state index in [1.54, 1.807) is 0 Å². The van der Waals surface area contributed by atoms with Gasteiger partial charge in [0.05, 0.1) is 0 Å². The lowest BCUT2D eigenvalue weighted by Gasteiger charge is -2.52. The Morgan fingerprint density at radius 3 is 1.51 bits per heavy atom. The molecule has 1 N–H and O–H groups in total. The number of hydrogen-bond acceptors (Lipinski definition) is 3. The molecule has 0 saturated heterocycles. The van der Waals surface area contributed by atoms with Gasteiger partial charge in [-0.3, -0.25) is 4.89 Å². The minimum atomic E-state index is -4.31. The Morgan fingerprint density at radius 2 is 1.23 bits per heavy atom. The molecule has 0 fully saturated rings. The molecular formula is C30H49O4P. The van der Waals surface area contributed by atoms with Crippen molar-refractivity contribution in [3.63, 3.8) is 0 Å². The van der Waals surface area contributed by atoms with Crippen molar-refractivity contribution >= 4 is 7.82 Å². The maximum Gasteiger partial charge on any atom is 0.584 e. The zero-order chi connectivity index (χ0) is 26.6. The summed E-state index contributed by atoms with van der Waals surface area (Å²) in [5, 5.41) is 0. The van der Waals surface area contributed by atoms with Crippen molar-refractivity contribution < 1.29 is 18.5 Å². The SMILES string of the molecule is CCC(C)C1(C(C)(C)C)C=CC2=C(C1)C(C)C1=C(C=CC(C(C)CC)(C(C)(C)C)C1)OP(=O)(O)O2. The van der Waals surface area contributed by atoms with Gasteiger partial charge in [0.25, 0.3) is 0 Å². The van der Waals surface area contributed by atoms with Crippen molar-refractivity contribution in [3.05, 3.63) is 47.0 Å². The Balaban J connectivity index is 2.19. The molecule has 4 nitrogen and oxygen atoms in total. The van der Waals surface area contributed by atoms with Crippen LogP contribution >= 0.6 is 7.82 Å². The molecule has 198 valence electrons. The predicted octanol–water partition coefficient (Wildman–Crippen LogP) is 9.35. The van der Waals surface area contributed by atoms with Gasteiger partial charge in [-0.15, -0.1) is 0 Å². The van der Waals surface area contributed by atoms with Crippen LogP contribution in [-0.2, 0) is 13.6 Å². The Morgan fingerprint density at radius 1 is 0.886 bits per heavy atom. The van der Waals surface area contributed by atoms with Gasteiger partial charge in [-0.1, -0.05) is 101 Å². The fourth-order valence-corrected chi connectivity index (χ4v) is 7.78. The fourth-order valence-electron chi connectivity index (χ4n) is 6.89. The number of rotatable bonds is 4. The molecule has 1 heterocycles. The van der Waals surface area contributed by atoms with E-state index >= 15 is 0 Å². The maximum atomic E-state index is 13.1. The molecule has 0 aromatic carbocycles. The summed E-state index contributed by atoms with van der Waals surface area (Å²) in [6.45, 7) is 25.3. The van der Waals surface area contributed by atoms with Gasteiger partial charge >= 0.3 is 7.82 Å². The lowest BCUT2D eigenvalue weighted by Crippen LogP contribution is -2.44. The average Bonchev–Trinajstić information content (AvgIpc) is 2.75. The topological polar surface area (TPSA) is 55.8 Å². The van der Waals surface area contributed by atoms with Gasteiger partial charge in [-0.25, -0.2) is 4.57 Å². The third kappa shape index (κ3) is 4.75. The van der Waals surface area contributed by atoms with E-state index in [1.807, 2.05) is 12.2 Å². The molecule has 4 atom stereocenters. The maximum absolute atomic E-state index is 13.1.